The lowest BCUT2D eigenvalue weighted by Crippen LogP contribution is -2.23. The first-order chi connectivity index (χ1) is 9.42. The molecule has 2 aromatic rings. The van der Waals surface area contributed by atoms with Gasteiger partial charge in [0, 0.05) is 23.7 Å². The van der Waals surface area contributed by atoms with Gasteiger partial charge in [-0.3, -0.25) is 9.13 Å². The van der Waals surface area contributed by atoms with Gasteiger partial charge in [-0.2, -0.15) is 0 Å². The summed E-state index contributed by atoms with van der Waals surface area (Å²) in [6.45, 7) is 8.95. The van der Waals surface area contributed by atoms with Gasteiger partial charge in [-0.15, -0.1) is 0 Å². The summed E-state index contributed by atoms with van der Waals surface area (Å²) in [7, 11) is 0. The number of nitrogens with zero attached hydrogens (tertiary/aromatic N) is 2. The van der Waals surface area contributed by atoms with Crippen LogP contribution in [0, 0.1) is 5.92 Å². The first-order valence-electron chi connectivity index (χ1n) is 7.02. The Bertz CT molecular complexity index is 685. The summed E-state index contributed by atoms with van der Waals surface area (Å²) in [5, 5.41) is 10.8. The number of benzene rings is 1. The predicted molar refractivity (Wildman–Crippen MR) is 82.4 cm³/mol. The Morgan fingerprint density at radius 1 is 1.15 bits per heavy atom. The molecule has 0 amide bonds. The van der Waals surface area contributed by atoms with Crippen LogP contribution in [-0.2, 0) is 13.1 Å². The molecule has 1 aromatic carbocycles. The highest BCUT2D eigenvalue weighted by atomic mass is 35.5. The molecule has 2 rings (SSSR count). The Labute approximate surface area is 123 Å². The number of rotatable bonds is 4. The van der Waals surface area contributed by atoms with Gasteiger partial charge in [0.2, 0.25) is 0 Å². The molecule has 0 saturated carbocycles. The van der Waals surface area contributed by atoms with Gasteiger partial charge >= 0.3 is 5.69 Å². The van der Waals surface area contributed by atoms with Crippen molar-refractivity contribution in [2.24, 2.45) is 5.92 Å². The van der Waals surface area contributed by atoms with Crippen LogP contribution < -0.4 is 5.69 Å². The van der Waals surface area contributed by atoms with Crippen molar-refractivity contribution in [2.45, 2.75) is 46.9 Å². The highest BCUT2D eigenvalue weighted by Crippen LogP contribution is 2.31. The molecule has 110 valence electrons. The van der Waals surface area contributed by atoms with Crippen LogP contribution in [-0.4, -0.2) is 14.2 Å². The first kappa shape index (κ1) is 15.1. The molecule has 1 aromatic heterocycles. The fraction of sp³-hybridized carbons (Fsp3) is 0.533. The van der Waals surface area contributed by atoms with Crippen LogP contribution in [0.15, 0.2) is 16.9 Å². The van der Waals surface area contributed by atoms with Gasteiger partial charge in [0.05, 0.1) is 17.1 Å². The fourth-order valence-electron chi connectivity index (χ4n) is 2.55. The van der Waals surface area contributed by atoms with Crippen molar-refractivity contribution in [3.8, 4) is 0 Å². The molecule has 0 aliphatic heterocycles. The number of aliphatic hydroxyl groups is 1. The Morgan fingerprint density at radius 2 is 1.65 bits per heavy atom. The number of imidazole rings is 1. The van der Waals surface area contributed by atoms with E-state index in [2.05, 4.69) is 0 Å². The van der Waals surface area contributed by atoms with E-state index in [0.29, 0.717) is 23.7 Å². The maximum absolute atomic E-state index is 12.3. The van der Waals surface area contributed by atoms with Crippen LogP contribution in [0.2, 0.25) is 5.02 Å². The number of hydrogen-bond donors (Lipinski definition) is 1. The second-order valence-corrected chi connectivity index (χ2v) is 5.73. The molecule has 5 heteroatoms. The van der Waals surface area contributed by atoms with E-state index in [1.807, 2.05) is 33.8 Å². The van der Waals surface area contributed by atoms with Crippen LogP contribution >= 0.6 is 11.6 Å². The molecule has 0 fully saturated rings. The van der Waals surface area contributed by atoms with Gasteiger partial charge in [-0.05, 0) is 31.9 Å². The van der Waals surface area contributed by atoms with Crippen molar-refractivity contribution in [1.82, 2.24) is 9.13 Å². The van der Waals surface area contributed by atoms with Crippen LogP contribution in [0.25, 0.3) is 11.0 Å². The van der Waals surface area contributed by atoms with E-state index in [4.69, 9.17) is 11.6 Å². The highest BCUT2D eigenvalue weighted by molar-refractivity contribution is 6.32. The standard InChI is InChI=1S/C15H21ClN2O2/c1-5-17-12-7-10(14(19)9(3)4)11(16)8-13(12)18(6-2)15(17)20/h7-9,14,19H,5-6H2,1-4H3. The number of fused-ring (bicyclic) bond motifs is 1. The first-order valence-corrected chi connectivity index (χ1v) is 7.40. The largest absolute Gasteiger partial charge is 0.388 e. The minimum absolute atomic E-state index is 0.0303. The molecule has 0 aliphatic rings. The highest BCUT2D eigenvalue weighted by Gasteiger charge is 2.19. The summed E-state index contributed by atoms with van der Waals surface area (Å²) >= 11 is 6.29. The normalized spacial score (nSPS) is 13.3. The minimum atomic E-state index is -0.628. The molecule has 0 bridgehead atoms. The second kappa shape index (κ2) is 5.62. The van der Waals surface area contributed by atoms with Gasteiger partial charge in [0.25, 0.3) is 0 Å². The molecule has 1 atom stereocenters. The van der Waals surface area contributed by atoms with Crippen molar-refractivity contribution >= 4 is 22.6 Å². The lowest BCUT2D eigenvalue weighted by Gasteiger charge is -2.17. The molecule has 4 nitrogen and oxygen atoms in total. The lowest BCUT2D eigenvalue weighted by molar-refractivity contribution is 0.127. The van der Waals surface area contributed by atoms with Crippen LogP contribution in [0.5, 0.6) is 0 Å². The number of halogens is 1. The van der Waals surface area contributed by atoms with Crippen LogP contribution in [0.1, 0.15) is 39.4 Å². The lowest BCUT2D eigenvalue weighted by atomic mass is 9.98. The summed E-state index contributed by atoms with van der Waals surface area (Å²) in [5.74, 6) is 0.0695. The summed E-state index contributed by atoms with van der Waals surface area (Å²) in [6, 6.07) is 3.63. The van der Waals surface area contributed by atoms with Gasteiger partial charge in [0.1, 0.15) is 0 Å². The molecule has 1 N–H and O–H groups in total. The van der Waals surface area contributed by atoms with Gasteiger partial charge in [0.15, 0.2) is 0 Å². The topological polar surface area (TPSA) is 47.2 Å². The zero-order valence-electron chi connectivity index (χ0n) is 12.4. The SMILES string of the molecule is CCn1c(=O)n(CC)c2cc(C(O)C(C)C)c(Cl)cc21. The third-order valence-electron chi connectivity index (χ3n) is 3.72. The number of aryl methyl sites for hydroxylation is 2. The van der Waals surface area contributed by atoms with Gasteiger partial charge < -0.3 is 5.11 Å². The van der Waals surface area contributed by atoms with E-state index in [9.17, 15) is 9.90 Å². The summed E-state index contributed by atoms with van der Waals surface area (Å²) in [5.41, 5.74) is 2.31. The van der Waals surface area contributed by atoms with Crippen molar-refractivity contribution in [3.63, 3.8) is 0 Å². The van der Waals surface area contributed by atoms with Crippen molar-refractivity contribution in [2.75, 3.05) is 0 Å². The summed E-state index contributed by atoms with van der Waals surface area (Å²) < 4.78 is 3.42. The smallest absolute Gasteiger partial charge is 0.329 e. The summed E-state index contributed by atoms with van der Waals surface area (Å²) in [4.78, 5) is 12.3. The van der Waals surface area contributed by atoms with Crippen molar-refractivity contribution in [3.05, 3.63) is 33.2 Å². The fourth-order valence-corrected chi connectivity index (χ4v) is 2.82. The predicted octanol–water partition coefficient (Wildman–Crippen LogP) is 3.19. The average molecular weight is 297 g/mol. The molecular weight excluding hydrogens is 276 g/mol. The van der Waals surface area contributed by atoms with Crippen LogP contribution in [0.4, 0.5) is 0 Å². The quantitative estimate of drug-likeness (QED) is 0.942. The number of hydrogen-bond acceptors (Lipinski definition) is 2. The van der Waals surface area contributed by atoms with E-state index in [0.717, 1.165) is 11.0 Å². The maximum atomic E-state index is 12.3. The molecule has 1 unspecified atom stereocenters. The van der Waals surface area contributed by atoms with Gasteiger partial charge in [-0.1, -0.05) is 25.4 Å². The molecule has 1 heterocycles. The average Bonchev–Trinajstić information content (AvgIpc) is 2.67. The minimum Gasteiger partial charge on any atom is -0.388 e. The molecule has 0 aliphatic carbocycles. The Kier molecular flexibility index (Phi) is 4.25. The van der Waals surface area contributed by atoms with Gasteiger partial charge in [-0.25, -0.2) is 4.79 Å². The van der Waals surface area contributed by atoms with E-state index in [1.165, 1.54) is 0 Å². The number of aromatic nitrogens is 2. The maximum Gasteiger partial charge on any atom is 0.329 e. The molecule has 0 radical (unpaired) electrons. The zero-order valence-corrected chi connectivity index (χ0v) is 13.1. The van der Waals surface area contributed by atoms with Crippen molar-refractivity contribution in [1.29, 1.82) is 0 Å². The Hall–Kier alpha value is -1.26. The molecule has 20 heavy (non-hydrogen) atoms. The molecular formula is C15H21ClN2O2. The van der Waals surface area contributed by atoms with E-state index in [1.54, 1.807) is 15.2 Å². The molecule has 0 saturated heterocycles. The van der Waals surface area contributed by atoms with Crippen LogP contribution in [0.3, 0.4) is 0 Å². The van der Waals surface area contributed by atoms with E-state index < -0.39 is 6.10 Å². The Morgan fingerprint density at radius 3 is 2.10 bits per heavy atom. The monoisotopic (exact) mass is 296 g/mol. The third kappa shape index (κ3) is 2.27. The van der Waals surface area contributed by atoms with Crippen molar-refractivity contribution < 1.29 is 5.11 Å². The number of aliphatic hydroxyl groups excluding tert-OH is 1. The summed E-state index contributed by atoms with van der Waals surface area (Å²) in [6.07, 6.45) is -0.628. The van der Waals surface area contributed by atoms with E-state index >= 15 is 0 Å². The molecule has 0 spiro atoms. The third-order valence-corrected chi connectivity index (χ3v) is 4.05. The second-order valence-electron chi connectivity index (χ2n) is 5.32. The zero-order chi connectivity index (χ0) is 15.0. The van der Waals surface area contributed by atoms with E-state index in [-0.39, 0.29) is 11.6 Å². The Balaban J connectivity index is 2.79.